The molecule has 0 spiro atoms. The molecule has 9 heteroatoms. The summed E-state index contributed by atoms with van der Waals surface area (Å²) >= 11 is 0. The van der Waals surface area contributed by atoms with E-state index in [0.29, 0.717) is 5.91 Å². The number of piperazine rings is 1. The summed E-state index contributed by atoms with van der Waals surface area (Å²) in [5.41, 5.74) is 8.09. The normalized spacial score (nSPS) is 18.5. The lowest BCUT2D eigenvalue weighted by molar-refractivity contribution is -0.137. The predicted molar refractivity (Wildman–Crippen MR) is 202 cm³/mol. The quantitative estimate of drug-likeness (QED) is 0.149. The van der Waals surface area contributed by atoms with Gasteiger partial charge in [0, 0.05) is 37.8 Å². The third-order valence-electron chi connectivity index (χ3n) is 9.79. The van der Waals surface area contributed by atoms with Crippen LogP contribution >= 0.6 is 0 Å². The van der Waals surface area contributed by atoms with E-state index in [1.54, 1.807) is 0 Å². The van der Waals surface area contributed by atoms with Crippen LogP contribution < -0.4 is 4.90 Å². The van der Waals surface area contributed by atoms with Gasteiger partial charge in [0.25, 0.3) is 0 Å². The monoisotopic (exact) mass is 668 g/mol. The minimum Gasteiger partial charge on any atom is -0.368 e. The largest absolute Gasteiger partial charge is 0.368 e. The Hall–Kier alpha value is -5.05. The molecule has 2 fully saturated rings. The van der Waals surface area contributed by atoms with Gasteiger partial charge in [-0.05, 0) is 141 Å². The molecule has 2 aliphatic rings. The Labute approximate surface area is 296 Å². The highest BCUT2D eigenvalue weighted by Crippen LogP contribution is 2.31. The first-order valence-electron chi connectivity index (χ1n) is 18.1. The maximum atomic E-state index is 13.0. The average Bonchev–Trinajstić information content (AvgIpc) is 3.16. The summed E-state index contributed by atoms with van der Waals surface area (Å²) in [5, 5.41) is 26.5. The van der Waals surface area contributed by atoms with Crippen molar-refractivity contribution >= 4 is 45.7 Å². The van der Waals surface area contributed by atoms with Gasteiger partial charge >= 0.3 is 0 Å². The van der Waals surface area contributed by atoms with Crippen molar-refractivity contribution < 1.29 is 4.79 Å². The Morgan fingerprint density at radius 2 is 1.14 bits per heavy atom. The molecule has 1 saturated carbocycles. The van der Waals surface area contributed by atoms with Crippen molar-refractivity contribution in [3.05, 3.63) is 102 Å². The third kappa shape index (κ3) is 9.55. The van der Waals surface area contributed by atoms with Crippen LogP contribution in [0.5, 0.6) is 0 Å². The van der Waals surface area contributed by atoms with Crippen molar-refractivity contribution in [2.45, 2.75) is 65.7 Å². The van der Waals surface area contributed by atoms with E-state index in [0.717, 1.165) is 96.7 Å². The Morgan fingerprint density at radius 3 is 1.70 bits per heavy atom. The molecule has 0 atom stereocenters. The zero-order valence-corrected chi connectivity index (χ0v) is 29.6. The number of carbonyl (C=O) groups is 1. The number of benzene rings is 4. The topological polar surface area (TPSA) is 97.7 Å². The van der Waals surface area contributed by atoms with Crippen LogP contribution in [0.15, 0.2) is 122 Å². The van der Waals surface area contributed by atoms with Crippen molar-refractivity contribution in [3.8, 4) is 0 Å². The van der Waals surface area contributed by atoms with Crippen molar-refractivity contribution in [1.29, 1.82) is 0 Å². The smallest absolute Gasteiger partial charge is 0.225 e. The molecule has 4 aromatic carbocycles. The summed E-state index contributed by atoms with van der Waals surface area (Å²) in [6.45, 7) is 9.77. The first-order chi connectivity index (χ1) is 24.4. The molecular formula is C41H48N8O. The molecule has 0 radical (unpaired) electrons. The number of anilines is 1. The number of aryl methyl sites for hydroxylation is 2. The van der Waals surface area contributed by atoms with E-state index < -0.39 is 0 Å². The Balaban J connectivity index is 0.973. The first-order valence-corrected chi connectivity index (χ1v) is 18.1. The van der Waals surface area contributed by atoms with E-state index >= 15 is 0 Å². The van der Waals surface area contributed by atoms with Crippen LogP contribution in [-0.4, -0.2) is 37.0 Å². The number of unbranched alkanes of at least 4 members (excludes halogenated alkanes) is 1. The summed E-state index contributed by atoms with van der Waals surface area (Å²) in [4.78, 5) is 17.4. The molecule has 1 saturated heterocycles. The number of azo groups is 3. The number of hydrogen-bond donors (Lipinski definition) is 0. The summed E-state index contributed by atoms with van der Waals surface area (Å²) in [7, 11) is 0. The molecule has 0 unspecified atom stereocenters. The van der Waals surface area contributed by atoms with Crippen LogP contribution in [0.25, 0.3) is 0 Å². The van der Waals surface area contributed by atoms with E-state index in [4.69, 9.17) is 0 Å². The molecule has 9 nitrogen and oxygen atoms in total. The Bertz CT molecular complexity index is 1780. The van der Waals surface area contributed by atoms with E-state index in [9.17, 15) is 4.79 Å². The standard InChI is InChI=1S/C41H48N8O/c1-4-5-6-32-9-13-34(14-10-32)42-43-35-15-17-36(18-16-35)45-47-40-24-21-38(29-31(40)3)46-44-37-19-22-39(23-20-37)48-25-27-49(28-26-48)41(50)33-11-7-30(2)8-12-33/h9-10,13-24,29-30,33H,4-8,11-12,25-28H2,1-3H3. The lowest BCUT2D eigenvalue weighted by Gasteiger charge is -2.38. The predicted octanol–water partition coefficient (Wildman–Crippen LogP) is 12.1. The second-order valence-electron chi connectivity index (χ2n) is 13.6. The van der Waals surface area contributed by atoms with Crippen LogP contribution in [0.4, 0.5) is 39.8 Å². The van der Waals surface area contributed by atoms with Crippen molar-refractivity contribution in [2.24, 2.45) is 42.5 Å². The van der Waals surface area contributed by atoms with Gasteiger partial charge in [0.05, 0.1) is 34.1 Å². The van der Waals surface area contributed by atoms with E-state index in [1.807, 2.05) is 73.7 Å². The van der Waals surface area contributed by atoms with Gasteiger partial charge in [-0.1, -0.05) is 32.4 Å². The second-order valence-corrected chi connectivity index (χ2v) is 13.6. The van der Waals surface area contributed by atoms with E-state index in [-0.39, 0.29) is 5.92 Å². The van der Waals surface area contributed by atoms with Crippen LogP contribution in [0.1, 0.15) is 63.5 Å². The number of amides is 1. The molecule has 1 aliphatic heterocycles. The summed E-state index contributed by atoms with van der Waals surface area (Å²) in [6, 6.07) is 29.7. The fourth-order valence-electron chi connectivity index (χ4n) is 6.53. The molecule has 0 bridgehead atoms. The molecule has 50 heavy (non-hydrogen) atoms. The molecule has 4 aromatic rings. The number of rotatable bonds is 11. The highest BCUT2D eigenvalue weighted by molar-refractivity contribution is 5.79. The van der Waals surface area contributed by atoms with Crippen LogP contribution in [-0.2, 0) is 11.2 Å². The summed E-state index contributed by atoms with van der Waals surface area (Å²) < 4.78 is 0. The van der Waals surface area contributed by atoms with Crippen molar-refractivity contribution in [1.82, 2.24) is 4.90 Å². The van der Waals surface area contributed by atoms with Crippen LogP contribution in [0.3, 0.4) is 0 Å². The zero-order chi connectivity index (χ0) is 34.7. The highest BCUT2D eigenvalue weighted by atomic mass is 16.2. The zero-order valence-electron chi connectivity index (χ0n) is 29.6. The molecule has 1 aliphatic carbocycles. The molecular weight excluding hydrogens is 621 g/mol. The fourth-order valence-corrected chi connectivity index (χ4v) is 6.53. The van der Waals surface area contributed by atoms with Crippen molar-refractivity contribution in [2.75, 3.05) is 31.1 Å². The molecule has 0 N–H and O–H groups in total. The number of nitrogens with zero attached hydrogens (tertiary/aromatic N) is 8. The first kappa shape index (κ1) is 34.8. The SMILES string of the molecule is CCCCc1ccc(N=Nc2ccc(N=Nc3ccc(N=Nc4ccc(N5CCN(C(=O)C6CCC(C)CC6)CC5)cc4)cc3C)cc2)cc1. The van der Waals surface area contributed by atoms with Gasteiger partial charge in [-0.2, -0.15) is 30.7 Å². The van der Waals surface area contributed by atoms with Gasteiger partial charge in [-0.25, -0.2) is 0 Å². The fraction of sp³-hybridized carbons (Fsp3) is 0.390. The maximum Gasteiger partial charge on any atom is 0.225 e. The molecule has 258 valence electrons. The minimum atomic E-state index is 0.226. The molecule has 0 aromatic heterocycles. The summed E-state index contributed by atoms with van der Waals surface area (Å²) in [6.07, 6.45) is 7.94. The lowest BCUT2D eigenvalue weighted by Crippen LogP contribution is -2.50. The van der Waals surface area contributed by atoms with Crippen molar-refractivity contribution in [3.63, 3.8) is 0 Å². The molecule has 1 amide bonds. The van der Waals surface area contributed by atoms with Gasteiger partial charge in [0.1, 0.15) is 0 Å². The van der Waals surface area contributed by atoms with Gasteiger partial charge < -0.3 is 9.80 Å². The van der Waals surface area contributed by atoms with Gasteiger partial charge in [0.2, 0.25) is 5.91 Å². The van der Waals surface area contributed by atoms with Crippen LogP contribution in [0, 0.1) is 18.8 Å². The average molecular weight is 669 g/mol. The van der Waals surface area contributed by atoms with Gasteiger partial charge in [-0.15, -0.1) is 0 Å². The summed E-state index contributed by atoms with van der Waals surface area (Å²) in [5.74, 6) is 1.35. The third-order valence-corrected chi connectivity index (χ3v) is 9.79. The maximum absolute atomic E-state index is 13.0. The molecule has 6 rings (SSSR count). The second kappa shape index (κ2) is 17.1. The van der Waals surface area contributed by atoms with E-state index in [2.05, 4.69) is 78.6 Å². The van der Waals surface area contributed by atoms with Gasteiger partial charge in [-0.3, -0.25) is 4.79 Å². The lowest BCUT2D eigenvalue weighted by atomic mass is 9.82. The van der Waals surface area contributed by atoms with Crippen LogP contribution in [0.2, 0.25) is 0 Å². The number of hydrogen-bond acceptors (Lipinski definition) is 8. The Kier molecular flexibility index (Phi) is 11.9. The van der Waals surface area contributed by atoms with Gasteiger partial charge in [0.15, 0.2) is 0 Å². The minimum absolute atomic E-state index is 0.226. The van der Waals surface area contributed by atoms with E-state index in [1.165, 1.54) is 31.2 Å². The Morgan fingerprint density at radius 1 is 0.640 bits per heavy atom. The molecule has 1 heterocycles. The highest BCUT2D eigenvalue weighted by Gasteiger charge is 2.30. The number of carbonyl (C=O) groups excluding carboxylic acids is 1.